The zero-order chi connectivity index (χ0) is 26.7. The third-order valence-corrected chi connectivity index (χ3v) is 5.16. The summed E-state index contributed by atoms with van der Waals surface area (Å²) in [5, 5.41) is 20.2. The van der Waals surface area contributed by atoms with Crippen LogP contribution in [0.4, 0.5) is 37.8 Å². The molecular weight excluding hydrogens is 500 g/mol. The molecule has 4 rings (SSSR count). The number of amides is 1. The van der Waals surface area contributed by atoms with E-state index < -0.39 is 35.6 Å². The van der Waals surface area contributed by atoms with Gasteiger partial charge in [-0.2, -0.15) is 36.5 Å². The summed E-state index contributed by atoms with van der Waals surface area (Å²) < 4.78 is 73.5. The molecule has 3 N–H and O–H groups in total. The number of fused-ring (bicyclic) bond motifs is 1. The van der Waals surface area contributed by atoms with E-state index in [9.17, 15) is 31.1 Å². The largest absolute Gasteiger partial charge is 0.490 e. The van der Waals surface area contributed by atoms with Gasteiger partial charge in [-0.05, 0) is 18.9 Å². The highest BCUT2D eigenvalue weighted by Gasteiger charge is 2.38. The Morgan fingerprint density at radius 2 is 1.75 bits per heavy atom. The molecule has 1 fully saturated rings. The lowest BCUT2D eigenvalue weighted by molar-refractivity contribution is -0.192. The van der Waals surface area contributed by atoms with Gasteiger partial charge in [0, 0.05) is 25.5 Å². The van der Waals surface area contributed by atoms with Crippen LogP contribution in [0.2, 0.25) is 0 Å². The zero-order valence-electron chi connectivity index (χ0n) is 18.7. The van der Waals surface area contributed by atoms with Crippen LogP contribution in [0.3, 0.4) is 0 Å². The van der Waals surface area contributed by atoms with Crippen molar-refractivity contribution >= 4 is 29.0 Å². The predicted octanol–water partition coefficient (Wildman–Crippen LogP) is 4.11. The molecule has 0 spiro atoms. The normalized spacial score (nSPS) is 14.8. The van der Waals surface area contributed by atoms with E-state index in [4.69, 9.17) is 9.90 Å². The number of halogens is 6. The van der Waals surface area contributed by atoms with Crippen molar-refractivity contribution in [2.75, 3.05) is 10.6 Å². The molecule has 10 nitrogen and oxygen atoms in total. The second-order valence-corrected chi connectivity index (χ2v) is 7.94. The standard InChI is InChI=1S/C18H20F3N7O.C2HF3O2/c1-27-10-13(15(26-27)18(19,20)21)24-17(29)12-9-22-28-8-7-14(25-16(12)28)23-11-5-3-2-4-6-11;3-2(4,5)1(6)7/h7-11H,2-6H2,1H3,(H,23,25)(H,24,29);(H,6,7). The zero-order valence-corrected chi connectivity index (χ0v) is 18.7. The van der Waals surface area contributed by atoms with E-state index in [0.717, 1.165) is 36.6 Å². The summed E-state index contributed by atoms with van der Waals surface area (Å²) in [7, 11) is 1.35. The number of aryl methyl sites for hydroxylation is 1. The lowest BCUT2D eigenvalue weighted by Crippen LogP contribution is -2.23. The number of hydrogen-bond donors (Lipinski definition) is 3. The average Bonchev–Trinajstić information content (AvgIpc) is 3.37. The van der Waals surface area contributed by atoms with Crippen LogP contribution in [0.15, 0.2) is 24.7 Å². The van der Waals surface area contributed by atoms with Gasteiger partial charge in [-0.25, -0.2) is 14.3 Å². The first-order valence-corrected chi connectivity index (χ1v) is 10.6. The molecule has 1 saturated carbocycles. The Morgan fingerprint density at radius 1 is 1.11 bits per heavy atom. The number of aliphatic carboxylic acids is 1. The Kier molecular flexibility index (Phi) is 7.74. The molecule has 16 heteroatoms. The summed E-state index contributed by atoms with van der Waals surface area (Å²) in [4.78, 5) is 26.0. The Balaban J connectivity index is 0.000000454. The summed E-state index contributed by atoms with van der Waals surface area (Å²) in [6.45, 7) is 0. The average molecular weight is 521 g/mol. The smallest absolute Gasteiger partial charge is 0.475 e. The molecule has 3 aromatic rings. The van der Waals surface area contributed by atoms with Crippen molar-refractivity contribution in [3.8, 4) is 0 Å². The van der Waals surface area contributed by atoms with E-state index in [0.29, 0.717) is 11.9 Å². The SMILES string of the molecule is Cn1cc(NC(=O)c2cnn3ccc(NC4CCCCC4)nc23)c(C(F)(F)F)n1.O=C(O)C(F)(F)F. The molecule has 0 bridgehead atoms. The molecule has 36 heavy (non-hydrogen) atoms. The van der Waals surface area contributed by atoms with E-state index in [2.05, 4.69) is 25.8 Å². The third kappa shape index (κ3) is 6.63. The van der Waals surface area contributed by atoms with Gasteiger partial charge in [0.25, 0.3) is 5.91 Å². The number of anilines is 2. The Bertz CT molecular complexity index is 1230. The van der Waals surface area contributed by atoms with Gasteiger partial charge in [0.15, 0.2) is 11.3 Å². The van der Waals surface area contributed by atoms with Crippen LogP contribution in [0, 0.1) is 0 Å². The van der Waals surface area contributed by atoms with Crippen LogP contribution in [0.5, 0.6) is 0 Å². The lowest BCUT2D eigenvalue weighted by atomic mass is 9.95. The fourth-order valence-electron chi connectivity index (χ4n) is 3.54. The Hall–Kier alpha value is -3.85. The first-order chi connectivity index (χ1) is 16.8. The van der Waals surface area contributed by atoms with Crippen molar-refractivity contribution in [1.29, 1.82) is 0 Å². The summed E-state index contributed by atoms with van der Waals surface area (Å²) in [5.74, 6) is -2.88. The highest BCUT2D eigenvalue weighted by molar-refractivity contribution is 6.08. The number of rotatable bonds is 4. The van der Waals surface area contributed by atoms with Gasteiger partial charge in [0.1, 0.15) is 11.4 Å². The monoisotopic (exact) mass is 521 g/mol. The molecule has 0 aliphatic heterocycles. The summed E-state index contributed by atoms with van der Waals surface area (Å²) in [5.41, 5.74) is -1.23. The van der Waals surface area contributed by atoms with E-state index in [-0.39, 0.29) is 11.2 Å². The quantitative estimate of drug-likeness (QED) is 0.441. The third-order valence-electron chi connectivity index (χ3n) is 5.16. The highest BCUT2D eigenvalue weighted by Crippen LogP contribution is 2.33. The molecule has 3 aromatic heterocycles. The number of hydrogen-bond acceptors (Lipinski definition) is 6. The minimum atomic E-state index is -5.08. The van der Waals surface area contributed by atoms with Gasteiger partial charge in [0.05, 0.1) is 11.9 Å². The predicted molar refractivity (Wildman–Crippen MR) is 113 cm³/mol. The number of aromatic nitrogens is 5. The van der Waals surface area contributed by atoms with Gasteiger partial charge in [0.2, 0.25) is 0 Å². The van der Waals surface area contributed by atoms with Gasteiger partial charge in [-0.15, -0.1) is 0 Å². The van der Waals surface area contributed by atoms with E-state index in [1.807, 2.05) is 0 Å². The van der Waals surface area contributed by atoms with Crippen molar-refractivity contribution in [3.63, 3.8) is 0 Å². The molecule has 0 unspecified atom stereocenters. The molecule has 3 heterocycles. The number of nitrogens with zero attached hydrogens (tertiary/aromatic N) is 5. The van der Waals surface area contributed by atoms with Gasteiger partial charge in [-0.1, -0.05) is 19.3 Å². The topological polar surface area (TPSA) is 126 Å². The van der Waals surface area contributed by atoms with Crippen molar-refractivity contribution in [1.82, 2.24) is 24.4 Å². The molecule has 0 radical (unpaired) electrons. The number of carbonyl (C=O) groups excluding carboxylic acids is 1. The number of alkyl halides is 6. The number of nitrogens with one attached hydrogen (secondary N) is 2. The van der Waals surface area contributed by atoms with Crippen LogP contribution in [0.25, 0.3) is 5.65 Å². The van der Waals surface area contributed by atoms with Gasteiger partial charge >= 0.3 is 18.3 Å². The van der Waals surface area contributed by atoms with Gasteiger partial charge in [-0.3, -0.25) is 9.48 Å². The van der Waals surface area contributed by atoms with E-state index in [1.54, 1.807) is 12.3 Å². The van der Waals surface area contributed by atoms with Crippen molar-refractivity contribution in [2.45, 2.75) is 50.5 Å². The van der Waals surface area contributed by atoms with Gasteiger partial charge < -0.3 is 15.7 Å². The first kappa shape index (κ1) is 26.7. The highest BCUT2D eigenvalue weighted by atomic mass is 19.4. The van der Waals surface area contributed by atoms with Crippen LogP contribution in [-0.2, 0) is 18.0 Å². The van der Waals surface area contributed by atoms with Crippen LogP contribution in [-0.4, -0.2) is 53.6 Å². The number of carbonyl (C=O) groups is 2. The van der Waals surface area contributed by atoms with E-state index >= 15 is 0 Å². The fraction of sp³-hybridized carbons (Fsp3) is 0.450. The maximum absolute atomic E-state index is 13.1. The number of carboxylic acid groups (broad SMARTS) is 1. The van der Waals surface area contributed by atoms with E-state index in [1.165, 1.54) is 24.2 Å². The van der Waals surface area contributed by atoms with Crippen molar-refractivity contribution < 1.29 is 41.0 Å². The maximum atomic E-state index is 13.1. The Morgan fingerprint density at radius 3 is 2.33 bits per heavy atom. The van der Waals surface area contributed by atoms with Crippen molar-refractivity contribution in [2.24, 2.45) is 7.05 Å². The second kappa shape index (κ2) is 10.4. The second-order valence-electron chi connectivity index (χ2n) is 7.94. The summed E-state index contributed by atoms with van der Waals surface area (Å²) in [6.07, 6.45) is -0.0512. The minimum Gasteiger partial charge on any atom is -0.475 e. The molecule has 0 atom stereocenters. The molecule has 0 aromatic carbocycles. The molecular formula is C20H21F6N7O3. The first-order valence-electron chi connectivity index (χ1n) is 10.6. The Labute approximate surface area is 199 Å². The summed E-state index contributed by atoms with van der Waals surface area (Å²) in [6, 6.07) is 2.09. The van der Waals surface area contributed by atoms with Crippen LogP contribution < -0.4 is 10.6 Å². The van der Waals surface area contributed by atoms with Crippen molar-refractivity contribution in [3.05, 3.63) is 35.9 Å². The molecule has 1 aliphatic carbocycles. The molecule has 196 valence electrons. The molecule has 1 amide bonds. The lowest BCUT2D eigenvalue weighted by Gasteiger charge is -2.23. The molecule has 0 saturated heterocycles. The summed E-state index contributed by atoms with van der Waals surface area (Å²) >= 11 is 0. The van der Waals surface area contributed by atoms with Crippen LogP contribution >= 0.6 is 0 Å². The number of carboxylic acids is 1. The van der Waals surface area contributed by atoms with Crippen LogP contribution in [0.1, 0.15) is 48.2 Å². The molecule has 1 aliphatic rings. The maximum Gasteiger partial charge on any atom is 0.490 e. The minimum absolute atomic E-state index is 0.0780. The fourth-order valence-corrected chi connectivity index (χ4v) is 3.54.